The maximum Gasteiger partial charge on any atom is 0.370 e. The Balaban J connectivity index is 2.45. The normalized spacial score (nSPS) is 9.82. The topological polar surface area (TPSA) is 164 Å². The average molecular weight is 305 g/mol. The molecule has 2 rings (SSSR count). The Hall–Kier alpha value is -3.72. The quantitative estimate of drug-likeness (QED) is 0.288. The Bertz CT molecular complexity index is 788. The molecule has 0 aliphatic rings. The van der Waals surface area contributed by atoms with Gasteiger partial charge in [-0.3, -0.25) is 10.1 Å². The summed E-state index contributed by atoms with van der Waals surface area (Å²) in [5.74, 6) is -2.40. The molecular weight excluding hydrogens is 298 g/mol. The van der Waals surface area contributed by atoms with Crippen LogP contribution < -0.4 is 4.84 Å². The first-order chi connectivity index (χ1) is 10.4. The van der Waals surface area contributed by atoms with E-state index in [0.717, 1.165) is 30.3 Å². The number of aromatic nitrogens is 1. The van der Waals surface area contributed by atoms with Crippen LogP contribution in [0.5, 0.6) is 11.8 Å². The van der Waals surface area contributed by atoms with Gasteiger partial charge in [-0.15, -0.1) is 4.73 Å². The predicted molar refractivity (Wildman–Crippen MR) is 70.6 cm³/mol. The first-order valence-corrected chi connectivity index (χ1v) is 5.60. The summed E-state index contributed by atoms with van der Waals surface area (Å²) < 4.78 is 0.381. The second kappa shape index (κ2) is 5.73. The molecule has 22 heavy (non-hydrogen) atoms. The molecule has 0 unspecified atom stereocenters. The van der Waals surface area contributed by atoms with Crippen LogP contribution in [0.25, 0.3) is 10.4 Å². The number of benzene rings is 1. The summed E-state index contributed by atoms with van der Waals surface area (Å²) in [4.78, 5) is 29.3. The lowest BCUT2D eigenvalue weighted by Crippen LogP contribution is -2.20. The molecule has 11 heteroatoms. The molecule has 0 aliphatic heterocycles. The zero-order valence-electron chi connectivity index (χ0n) is 10.7. The van der Waals surface area contributed by atoms with E-state index in [1.165, 1.54) is 0 Å². The number of nitro benzene ring substituents is 1. The van der Waals surface area contributed by atoms with Gasteiger partial charge in [0.05, 0.1) is 4.92 Å². The Labute approximate surface area is 121 Å². The van der Waals surface area contributed by atoms with Crippen molar-refractivity contribution in [3.8, 4) is 11.8 Å². The molecule has 1 aromatic carbocycles. The summed E-state index contributed by atoms with van der Waals surface area (Å²) in [5.41, 5.74) is 7.20. The highest BCUT2D eigenvalue weighted by atomic mass is 16.7. The zero-order chi connectivity index (χ0) is 16.3. The molecule has 11 nitrogen and oxygen atoms in total. The SMILES string of the molecule is [N-]=[N+]=Nc1ccc([N+](=O)[O-])c(C(=O)On2c(O)ccc2O)c1. The Morgan fingerprint density at radius 2 is 1.95 bits per heavy atom. The maximum atomic E-state index is 12.0. The molecule has 0 atom stereocenters. The van der Waals surface area contributed by atoms with Crippen molar-refractivity contribution in [3.63, 3.8) is 0 Å². The summed E-state index contributed by atoms with van der Waals surface area (Å²) in [6, 6.07) is 5.17. The fourth-order valence-corrected chi connectivity index (χ4v) is 1.59. The highest BCUT2D eigenvalue weighted by Crippen LogP contribution is 2.26. The molecule has 0 spiro atoms. The van der Waals surface area contributed by atoms with E-state index in [0.29, 0.717) is 4.73 Å². The van der Waals surface area contributed by atoms with Gasteiger partial charge in [0.1, 0.15) is 5.56 Å². The van der Waals surface area contributed by atoms with Gasteiger partial charge in [0.2, 0.25) is 11.8 Å². The zero-order valence-corrected chi connectivity index (χ0v) is 10.7. The number of carbonyl (C=O) groups is 1. The van der Waals surface area contributed by atoms with Crippen LogP contribution in [0.4, 0.5) is 11.4 Å². The van der Waals surface area contributed by atoms with Gasteiger partial charge in [0, 0.05) is 28.8 Å². The number of hydrogen-bond donors (Lipinski definition) is 2. The standard InChI is InChI=1S/C11H7N5O6/c12-14-13-6-1-2-8(16(20)21)7(5-6)11(19)22-15-9(17)3-4-10(15)18/h1-5,17-18H. The summed E-state index contributed by atoms with van der Waals surface area (Å²) in [6.45, 7) is 0. The van der Waals surface area contributed by atoms with Crippen molar-refractivity contribution in [2.75, 3.05) is 0 Å². The third kappa shape index (κ3) is 2.73. The van der Waals surface area contributed by atoms with Crippen molar-refractivity contribution in [3.05, 3.63) is 56.5 Å². The summed E-state index contributed by atoms with van der Waals surface area (Å²) >= 11 is 0. The van der Waals surface area contributed by atoms with Gasteiger partial charge >= 0.3 is 5.97 Å². The number of azide groups is 1. The summed E-state index contributed by atoms with van der Waals surface area (Å²) in [6.07, 6.45) is 0. The number of nitro groups is 1. The maximum absolute atomic E-state index is 12.0. The van der Waals surface area contributed by atoms with E-state index < -0.39 is 33.9 Å². The molecule has 0 aliphatic carbocycles. The Morgan fingerprint density at radius 1 is 1.32 bits per heavy atom. The number of carbonyl (C=O) groups excluding carboxylic acids is 1. The summed E-state index contributed by atoms with van der Waals surface area (Å²) in [7, 11) is 0. The van der Waals surface area contributed by atoms with E-state index in [1.54, 1.807) is 0 Å². The van der Waals surface area contributed by atoms with Crippen molar-refractivity contribution in [1.29, 1.82) is 0 Å². The molecule has 1 heterocycles. The highest BCUT2D eigenvalue weighted by molar-refractivity contribution is 5.95. The monoisotopic (exact) mass is 305 g/mol. The molecule has 0 fully saturated rings. The van der Waals surface area contributed by atoms with E-state index in [-0.39, 0.29) is 5.69 Å². The molecule has 112 valence electrons. The molecule has 0 amide bonds. The van der Waals surface area contributed by atoms with Crippen molar-refractivity contribution in [2.24, 2.45) is 5.11 Å². The number of aromatic hydroxyl groups is 2. The number of hydrogen-bond acceptors (Lipinski definition) is 7. The molecule has 2 aromatic rings. The lowest BCUT2D eigenvalue weighted by atomic mass is 10.1. The molecule has 2 N–H and O–H groups in total. The molecule has 0 saturated heterocycles. The summed E-state index contributed by atoms with van der Waals surface area (Å²) in [5, 5.41) is 32.9. The van der Waals surface area contributed by atoms with Gasteiger partial charge < -0.3 is 15.1 Å². The van der Waals surface area contributed by atoms with E-state index >= 15 is 0 Å². The molecular formula is C11H7N5O6. The molecule has 0 saturated carbocycles. The van der Waals surface area contributed by atoms with Crippen LogP contribution in [0, 0.1) is 10.1 Å². The van der Waals surface area contributed by atoms with Gasteiger partial charge in [-0.2, -0.15) is 0 Å². The minimum absolute atomic E-state index is 0.0407. The fraction of sp³-hybridized carbons (Fsp3) is 0. The smallest absolute Gasteiger partial charge is 0.370 e. The van der Waals surface area contributed by atoms with E-state index in [9.17, 15) is 25.1 Å². The fourth-order valence-electron chi connectivity index (χ4n) is 1.59. The van der Waals surface area contributed by atoms with Crippen LogP contribution in [0.15, 0.2) is 35.4 Å². The minimum Gasteiger partial charge on any atom is -0.492 e. The van der Waals surface area contributed by atoms with E-state index in [1.807, 2.05) is 0 Å². The Kier molecular flexibility index (Phi) is 3.82. The van der Waals surface area contributed by atoms with Crippen molar-refractivity contribution in [2.45, 2.75) is 0 Å². The Morgan fingerprint density at radius 3 is 2.50 bits per heavy atom. The lowest BCUT2D eigenvalue weighted by Gasteiger charge is -2.07. The third-order valence-electron chi connectivity index (χ3n) is 2.53. The number of nitrogens with zero attached hydrogens (tertiary/aromatic N) is 5. The highest BCUT2D eigenvalue weighted by Gasteiger charge is 2.24. The van der Waals surface area contributed by atoms with Crippen LogP contribution in [-0.2, 0) is 0 Å². The lowest BCUT2D eigenvalue weighted by molar-refractivity contribution is -0.385. The van der Waals surface area contributed by atoms with Gasteiger partial charge in [0.15, 0.2) is 0 Å². The van der Waals surface area contributed by atoms with Gasteiger partial charge in [0.25, 0.3) is 5.69 Å². The molecule has 1 aromatic heterocycles. The van der Waals surface area contributed by atoms with Crippen LogP contribution in [0.2, 0.25) is 0 Å². The van der Waals surface area contributed by atoms with Crippen LogP contribution in [0.1, 0.15) is 10.4 Å². The van der Waals surface area contributed by atoms with Gasteiger partial charge in [-0.25, -0.2) is 4.79 Å². The second-order valence-corrected chi connectivity index (χ2v) is 3.87. The van der Waals surface area contributed by atoms with Crippen LogP contribution in [0.3, 0.4) is 0 Å². The molecule has 0 radical (unpaired) electrons. The van der Waals surface area contributed by atoms with Gasteiger partial charge in [-0.1, -0.05) is 5.11 Å². The predicted octanol–water partition coefficient (Wildman–Crippen LogP) is 2.02. The largest absolute Gasteiger partial charge is 0.492 e. The van der Waals surface area contributed by atoms with E-state index in [2.05, 4.69) is 14.9 Å². The van der Waals surface area contributed by atoms with Crippen LogP contribution >= 0.6 is 0 Å². The minimum atomic E-state index is -1.23. The first-order valence-electron chi connectivity index (χ1n) is 5.60. The van der Waals surface area contributed by atoms with Crippen molar-refractivity contribution in [1.82, 2.24) is 4.73 Å². The average Bonchev–Trinajstić information content (AvgIpc) is 2.79. The first kappa shape index (κ1) is 14.7. The number of rotatable bonds is 4. The third-order valence-corrected chi connectivity index (χ3v) is 2.53. The molecule has 0 bridgehead atoms. The van der Waals surface area contributed by atoms with Crippen molar-refractivity contribution >= 4 is 17.3 Å². The van der Waals surface area contributed by atoms with Crippen molar-refractivity contribution < 1.29 is 24.8 Å². The van der Waals surface area contributed by atoms with E-state index in [4.69, 9.17) is 5.53 Å². The second-order valence-electron chi connectivity index (χ2n) is 3.87. The van der Waals surface area contributed by atoms with Crippen LogP contribution in [-0.4, -0.2) is 25.8 Å². The van der Waals surface area contributed by atoms with Gasteiger partial charge in [-0.05, 0) is 17.7 Å².